The van der Waals surface area contributed by atoms with E-state index < -0.39 is 22.3 Å². The normalized spacial score (nSPS) is 14.8. The maximum absolute atomic E-state index is 13.7. The van der Waals surface area contributed by atoms with Crippen molar-refractivity contribution >= 4 is 11.9 Å². The molecule has 0 bridgehead atoms. The first-order valence-electron chi connectivity index (χ1n) is 12.4. The fraction of sp³-hybridized carbons (Fsp3) is 0.778. The van der Waals surface area contributed by atoms with Crippen molar-refractivity contribution in [2.24, 2.45) is 10.8 Å². The molecule has 0 saturated heterocycles. The number of rotatable bonds is 17. The molecule has 0 rings (SSSR count). The molecule has 180 valence electrons. The van der Waals surface area contributed by atoms with Crippen LogP contribution in [0.2, 0.25) is 0 Å². The third kappa shape index (κ3) is 10.5. The second kappa shape index (κ2) is 14.5. The molecule has 31 heavy (non-hydrogen) atoms. The third-order valence-corrected chi connectivity index (χ3v) is 6.30. The van der Waals surface area contributed by atoms with Crippen molar-refractivity contribution in [2.45, 2.75) is 125 Å². The van der Waals surface area contributed by atoms with Crippen LogP contribution in [0.3, 0.4) is 0 Å². The first kappa shape index (κ1) is 29.4. The van der Waals surface area contributed by atoms with Gasteiger partial charge in [0.2, 0.25) is 5.91 Å². The molecular formula is C27H49NO3. The molecule has 4 heteroatoms. The first-order valence-corrected chi connectivity index (χ1v) is 12.4. The average molecular weight is 436 g/mol. The SMILES string of the molecule is CC=CC(C=CC)(CC(C)(C)C(=O)O)NC(=O)C(C)(CCCCCC)CCCCCC. The summed E-state index contributed by atoms with van der Waals surface area (Å²) in [5.41, 5.74) is -2.22. The zero-order chi connectivity index (χ0) is 24.0. The van der Waals surface area contributed by atoms with E-state index in [0.717, 1.165) is 38.5 Å². The van der Waals surface area contributed by atoms with Gasteiger partial charge in [-0.05, 0) is 47.0 Å². The molecule has 0 spiro atoms. The highest BCUT2D eigenvalue weighted by atomic mass is 16.4. The van der Waals surface area contributed by atoms with Gasteiger partial charge in [0.15, 0.2) is 0 Å². The van der Waals surface area contributed by atoms with E-state index in [-0.39, 0.29) is 5.91 Å². The highest BCUT2D eigenvalue weighted by molar-refractivity contribution is 5.84. The summed E-state index contributed by atoms with van der Waals surface area (Å²) in [5, 5.41) is 13.0. The molecular weight excluding hydrogens is 386 g/mol. The molecule has 2 N–H and O–H groups in total. The Balaban J connectivity index is 5.77. The molecule has 0 aliphatic carbocycles. The van der Waals surface area contributed by atoms with Gasteiger partial charge >= 0.3 is 5.97 Å². The summed E-state index contributed by atoms with van der Waals surface area (Å²) in [4.78, 5) is 25.5. The summed E-state index contributed by atoms with van der Waals surface area (Å²) >= 11 is 0. The lowest BCUT2D eigenvalue weighted by atomic mass is 9.75. The van der Waals surface area contributed by atoms with Crippen molar-refractivity contribution in [3.63, 3.8) is 0 Å². The molecule has 0 aromatic carbocycles. The van der Waals surface area contributed by atoms with E-state index >= 15 is 0 Å². The van der Waals surface area contributed by atoms with Crippen LogP contribution in [-0.4, -0.2) is 22.5 Å². The van der Waals surface area contributed by atoms with Crippen molar-refractivity contribution in [3.05, 3.63) is 24.3 Å². The van der Waals surface area contributed by atoms with Crippen LogP contribution in [-0.2, 0) is 9.59 Å². The number of carboxylic acids is 1. The molecule has 1 amide bonds. The molecule has 0 aliphatic heterocycles. The quantitative estimate of drug-likeness (QED) is 0.184. The Bertz CT molecular complexity index is 565. The second-order valence-electron chi connectivity index (χ2n) is 10.0. The predicted octanol–water partition coefficient (Wildman–Crippen LogP) is 7.44. The highest BCUT2D eigenvalue weighted by Crippen LogP contribution is 2.36. The van der Waals surface area contributed by atoms with E-state index in [0.29, 0.717) is 6.42 Å². The van der Waals surface area contributed by atoms with Crippen LogP contribution in [0.1, 0.15) is 119 Å². The summed E-state index contributed by atoms with van der Waals surface area (Å²) in [7, 11) is 0. The minimum atomic E-state index is -0.967. The van der Waals surface area contributed by atoms with Gasteiger partial charge in [0.1, 0.15) is 0 Å². The zero-order valence-electron chi connectivity index (χ0n) is 21.4. The lowest BCUT2D eigenvalue weighted by Crippen LogP contribution is -2.53. The molecule has 0 aromatic heterocycles. The Labute approximate surface area is 192 Å². The van der Waals surface area contributed by atoms with Gasteiger partial charge in [-0.2, -0.15) is 0 Å². The standard InChI is InChI=1S/C27H49NO3/c1-8-12-14-16-20-26(7,21-17-15-13-9-2)23(29)28-27(18-10-3,19-11-4)22-25(5,6)24(30)31/h10-11,18-19H,8-9,12-17,20-22H2,1-7H3,(H,28,29)(H,30,31). The van der Waals surface area contributed by atoms with Crippen LogP contribution in [0.25, 0.3) is 0 Å². The number of carbonyl (C=O) groups excluding carboxylic acids is 1. The van der Waals surface area contributed by atoms with Crippen molar-refractivity contribution in [2.75, 3.05) is 0 Å². The minimum Gasteiger partial charge on any atom is -0.481 e. The number of hydrogen-bond donors (Lipinski definition) is 2. The number of carbonyl (C=O) groups is 2. The van der Waals surface area contributed by atoms with Gasteiger partial charge in [-0.1, -0.05) is 96.4 Å². The number of carboxylic acid groups (broad SMARTS) is 1. The smallest absolute Gasteiger partial charge is 0.309 e. The summed E-state index contributed by atoms with van der Waals surface area (Å²) in [5.74, 6) is -0.820. The van der Waals surface area contributed by atoms with Gasteiger partial charge < -0.3 is 10.4 Å². The molecule has 0 saturated carbocycles. The van der Waals surface area contributed by atoms with Gasteiger partial charge in [0.05, 0.1) is 11.0 Å². The van der Waals surface area contributed by atoms with Gasteiger partial charge in [-0.25, -0.2) is 0 Å². The zero-order valence-corrected chi connectivity index (χ0v) is 21.4. The van der Waals surface area contributed by atoms with Gasteiger partial charge in [-0.3, -0.25) is 9.59 Å². The summed E-state index contributed by atoms with van der Waals surface area (Å²) in [6.45, 7) is 13.8. The third-order valence-electron chi connectivity index (χ3n) is 6.30. The monoisotopic (exact) mass is 435 g/mol. The Kier molecular flexibility index (Phi) is 13.7. The van der Waals surface area contributed by atoms with E-state index in [9.17, 15) is 14.7 Å². The summed E-state index contributed by atoms with van der Waals surface area (Å²) in [6, 6.07) is 0. The molecule has 0 fully saturated rings. The van der Waals surface area contributed by atoms with Crippen molar-refractivity contribution in [1.29, 1.82) is 0 Å². The molecule has 0 unspecified atom stereocenters. The van der Waals surface area contributed by atoms with E-state index in [1.54, 1.807) is 13.8 Å². The van der Waals surface area contributed by atoms with E-state index in [4.69, 9.17) is 0 Å². The molecule has 0 atom stereocenters. The van der Waals surface area contributed by atoms with E-state index in [1.165, 1.54) is 25.7 Å². The van der Waals surface area contributed by atoms with Crippen molar-refractivity contribution in [3.8, 4) is 0 Å². The van der Waals surface area contributed by atoms with Gasteiger partial charge in [0, 0.05) is 5.41 Å². The Morgan fingerprint density at radius 2 is 1.26 bits per heavy atom. The van der Waals surface area contributed by atoms with Gasteiger partial charge in [0.25, 0.3) is 0 Å². The fourth-order valence-electron chi connectivity index (χ4n) is 4.30. The van der Waals surface area contributed by atoms with Crippen LogP contribution in [0.4, 0.5) is 0 Å². The number of allylic oxidation sites excluding steroid dienone is 2. The Morgan fingerprint density at radius 3 is 1.61 bits per heavy atom. The number of aliphatic carboxylic acids is 1. The second-order valence-corrected chi connectivity index (χ2v) is 10.0. The van der Waals surface area contributed by atoms with Crippen LogP contribution < -0.4 is 5.32 Å². The van der Waals surface area contributed by atoms with E-state index in [2.05, 4.69) is 26.1 Å². The van der Waals surface area contributed by atoms with Crippen LogP contribution in [0.15, 0.2) is 24.3 Å². The topological polar surface area (TPSA) is 66.4 Å². The maximum atomic E-state index is 13.7. The summed E-state index contributed by atoms with van der Waals surface area (Å²) in [6.07, 6.45) is 18.9. The largest absolute Gasteiger partial charge is 0.481 e. The number of hydrogen-bond acceptors (Lipinski definition) is 2. The molecule has 0 aliphatic rings. The van der Waals surface area contributed by atoms with E-state index in [1.807, 2.05) is 38.2 Å². The lowest BCUT2D eigenvalue weighted by molar-refractivity contribution is -0.148. The van der Waals surface area contributed by atoms with Crippen LogP contribution in [0, 0.1) is 10.8 Å². The average Bonchev–Trinajstić information content (AvgIpc) is 2.68. The van der Waals surface area contributed by atoms with Crippen molar-refractivity contribution < 1.29 is 14.7 Å². The molecule has 0 heterocycles. The number of amides is 1. The first-order chi connectivity index (χ1) is 14.5. The lowest BCUT2D eigenvalue weighted by Gasteiger charge is -2.39. The maximum Gasteiger partial charge on any atom is 0.309 e. The Hall–Kier alpha value is -1.58. The number of nitrogens with one attached hydrogen (secondary N) is 1. The highest BCUT2D eigenvalue weighted by Gasteiger charge is 2.41. The minimum absolute atomic E-state index is 0.0397. The van der Waals surface area contributed by atoms with Crippen LogP contribution in [0.5, 0.6) is 0 Å². The fourth-order valence-corrected chi connectivity index (χ4v) is 4.30. The molecule has 4 nitrogen and oxygen atoms in total. The van der Waals surface area contributed by atoms with Crippen molar-refractivity contribution in [1.82, 2.24) is 5.32 Å². The number of unbranched alkanes of at least 4 members (excludes halogenated alkanes) is 6. The Morgan fingerprint density at radius 1 is 0.806 bits per heavy atom. The molecule has 0 aromatic rings. The predicted molar refractivity (Wildman–Crippen MR) is 132 cm³/mol. The molecule has 0 radical (unpaired) electrons. The summed E-state index contributed by atoms with van der Waals surface area (Å²) < 4.78 is 0. The van der Waals surface area contributed by atoms with Crippen LogP contribution >= 0.6 is 0 Å². The van der Waals surface area contributed by atoms with Gasteiger partial charge in [-0.15, -0.1) is 0 Å².